The number of nitrogens with zero attached hydrogens (tertiary/aromatic N) is 2. The van der Waals surface area contributed by atoms with Gasteiger partial charge in [-0.3, -0.25) is 0 Å². The highest BCUT2D eigenvalue weighted by atomic mass is 19.2. The predicted molar refractivity (Wildman–Crippen MR) is 114 cm³/mol. The number of ether oxygens (including phenoxy) is 3. The number of methoxy groups -OCH3 is 3. The number of fused-ring (bicyclic) bond motifs is 1. The van der Waals surface area contributed by atoms with Crippen LogP contribution in [0.15, 0.2) is 48.7 Å². The lowest BCUT2D eigenvalue weighted by Gasteiger charge is -2.37. The minimum atomic E-state index is -0.962. The number of aromatic nitrogens is 1. The average molecular weight is 443 g/mol. The first kappa shape index (κ1) is 21.5. The third kappa shape index (κ3) is 3.81. The molecule has 9 heteroatoms. The van der Waals surface area contributed by atoms with Crippen LogP contribution in [0.4, 0.5) is 19.3 Å². The van der Waals surface area contributed by atoms with Crippen molar-refractivity contribution >= 4 is 11.7 Å². The molecule has 168 valence electrons. The van der Waals surface area contributed by atoms with Crippen molar-refractivity contribution in [2.45, 2.75) is 12.6 Å². The minimum Gasteiger partial charge on any atom is -0.493 e. The van der Waals surface area contributed by atoms with Crippen molar-refractivity contribution < 1.29 is 27.8 Å². The summed E-state index contributed by atoms with van der Waals surface area (Å²) >= 11 is 0. The molecule has 1 aromatic heterocycles. The molecule has 1 N–H and O–H groups in total. The molecular weight excluding hydrogens is 420 g/mol. The summed E-state index contributed by atoms with van der Waals surface area (Å²) in [5, 5.41) is 2.86. The van der Waals surface area contributed by atoms with Crippen molar-refractivity contribution in [1.82, 2.24) is 9.47 Å². The van der Waals surface area contributed by atoms with Crippen molar-refractivity contribution in [3.05, 3.63) is 71.6 Å². The summed E-state index contributed by atoms with van der Waals surface area (Å²) in [5.41, 5.74) is 1.72. The van der Waals surface area contributed by atoms with Gasteiger partial charge >= 0.3 is 6.03 Å². The van der Waals surface area contributed by atoms with E-state index in [-0.39, 0.29) is 0 Å². The van der Waals surface area contributed by atoms with Gasteiger partial charge in [-0.1, -0.05) is 6.07 Å². The zero-order chi connectivity index (χ0) is 22.8. The molecule has 1 atom stereocenters. The molecule has 0 spiro atoms. The predicted octanol–water partition coefficient (Wildman–Crippen LogP) is 4.43. The van der Waals surface area contributed by atoms with Gasteiger partial charge in [0.15, 0.2) is 23.1 Å². The Morgan fingerprint density at radius 1 is 0.969 bits per heavy atom. The lowest BCUT2D eigenvalue weighted by Crippen LogP contribution is -2.44. The van der Waals surface area contributed by atoms with Crippen LogP contribution in [0.3, 0.4) is 0 Å². The third-order valence-electron chi connectivity index (χ3n) is 5.47. The van der Waals surface area contributed by atoms with E-state index in [2.05, 4.69) is 5.32 Å². The van der Waals surface area contributed by atoms with Gasteiger partial charge in [0.1, 0.15) is 0 Å². The summed E-state index contributed by atoms with van der Waals surface area (Å²) in [5.74, 6) is -0.702. The van der Waals surface area contributed by atoms with Crippen LogP contribution in [0.2, 0.25) is 0 Å². The molecule has 1 unspecified atom stereocenters. The molecule has 2 aromatic carbocycles. The number of amides is 2. The minimum absolute atomic E-state index is 0.377. The molecule has 32 heavy (non-hydrogen) atoms. The fraction of sp³-hybridized carbons (Fsp3) is 0.261. The second-order valence-corrected chi connectivity index (χ2v) is 7.24. The van der Waals surface area contributed by atoms with E-state index in [1.54, 1.807) is 17.0 Å². The van der Waals surface area contributed by atoms with Crippen LogP contribution in [0.1, 0.15) is 17.3 Å². The SMILES string of the molecule is COc1cc(NC(=O)N2CCn3cccc3C2c2ccc(F)c(F)c2)cc(OC)c1OC. The van der Waals surface area contributed by atoms with Gasteiger partial charge < -0.3 is 29.0 Å². The number of carbonyl (C=O) groups is 1. The second kappa shape index (κ2) is 8.78. The summed E-state index contributed by atoms with van der Waals surface area (Å²) in [6.07, 6.45) is 1.90. The number of urea groups is 1. The monoisotopic (exact) mass is 443 g/mol. The second-order valence-electron chi connectivity index (χ2n) is 7.24. The molecule has 1 aliphatic heterocycles. The fourth-order valence-electron chi connectivity index (χ4n) is 3.98. The molecule has 0 saturated heterocycles. The molecule has 4 rings (SSSR count). The molecule has 2 amide bonds. The standard InChI is InChI=1S/C23H23F2N3O4/c1-30-19-12-15(13-20(31-2)22(19)32-3)26-23(29)28-10-9-27-8-4-5-18(27)21(28)14-6-7-16(24)17(25)11-14/h4-8,11-13,21H,9-10H2,1-3H3,(H,26,29). The molecule has 3 aromatic rings. The normalized spacial score (nSPS) is 15.2. The van der Waals surface area contributed by atoms with Gasteiger partial charge in [-0.2, -0.15) is 0 Å². The molecule has 2 heterocycles. The highest BCUT2D eigenvalue weighted by Gasteiger charge is 2.33. The third-order valence-corrected chi connectivity index (χ3v) is 5.47. The quantitative estimate of drug-likeness (QED) is 0.634. The zero-order valence-electron chi connectivity index (χ0n) is 17.9. The number of hydrogen-bond acceptors (Lipinski definition) is 4. The number of carbonyl (C=O) groups excluding carboxylic acids is 1. The van der Waals surface area contributed by atoms with Gasteiger partial charge in [0, 0.05) is 37.1 Å². The van der Waals surface area contributed by atoms with Crippen molar-refractivity contribution in [2.24, 2.45) is 0 Å². The van der Waals surface area contributed by atoms with E-state index in [0.717, 1.165) is 17.8 Å². The van der Waals surface area contributed by atoms with Crippen molar-refractivity contribution in [1.29, 1.82) is 0 Å². The smallest absolute Gasteiger partial charge is 0.322 e. The van der Waals surface area contributed by atoms with E-state index in [0.29, 0.717) is 41.6 Å². The van der Waals surface area contributed by atoms with Crippen molar-refractivity contribution in [2.75, 3.05) is 33.2 Å². The van der Waals surface area contributed by atoms with Crippen LogP contribution in [0, 0.1) is 11.6 Å². The van der Waals surface area contributed by atoms with Gasteiger partial charge in [0.05, 0.1) is 33.1 Å². The molecular formula is C23H23F2N3O4. The van der Waals surface area contributed by atoms with E-state index in [1.807, 2.05) is 22.9 Å². The van der Waals surface area contributed by atoms with Crippen LogP contribution >= 0.6 is 0 Å². The number of anilines is 1. The molecule has 7 nitrogen and oxygen atoms in total. The summed E-state index contributed by atoms with van der Waals surface area (Å²) in [6.45, 7) is 0.951. The number of rotatable bonds is 5. The maximum atomic E-state index is 14.0. The van der Waals surface area contributed by atoms with E-state index in [4.69, 9.17) is 14.2 Å². The molecule has 0 aliphatic carbocycles. The maximum absolute atomic E-state index is 14.0. The Balaban J connectivity index is 1.69. The zero-order valence-corrected chi connectivity index (χ0v) is 17.9. The number of halogens is 2. The largest absolute Gasteiger partial charge is 0.493 e. The van der Waals surface area contributed by atoms with Crippen LogP contribution in [-0.2, 0) is 6.54 Å². The Labute approximate surface area is 184 Å². The lowest BCUT2D eigenvalue weighted by molar-refractivity contribution is 0.181. The van der Waals surface area contributed by atoms with Crippen LogP contribution in [-0.4, -0.2) is 43.4 Å². The molecule has 1 aliphatic rings. The van der Waals surface area contributed by atoms with E-state index in [9.17, 15) is 13.6 Å². The van der Waals surface area contributed by atoms with E-state index in [1.165, 1.54) is 27.4 Å². The highest BCUT2D eigenvalue weighted by molar-refractivity contribution is 5.91. The molecule has 0 radical (unpaired) electrons. The first-order chi connectivity index (χ1) is 15.5. The van der Waals surface area contributed by atoms with Crippen LogP contribution in [0.5, 0.6) is 17.2 Å². The Kier molecular flexibility index (Phi) is 5.89. The summed E-state index contributed by atoms with van der Waals surface area (Å²) in [6, 6.07) is 9.68. The van der Waals surface area contributed by atoms with Crippen LogP contribution in [0.25, 0.3) is 0 Å². The summed E-state index contributed by atoms with van der Waals surface area (Å²) < 4.78 is 45.6. The van der Waals surface area contributed by atoms with Gasteiger partial charge in [-0.25, -0.2) is 13.6 Å². The number of nitrogens with one attached hydrogen (secondary N) is 1. The topological polar surface area (TPSA) is 65.0 Å². The fourth-order valence-corrected chi connectivity index (χ4v) is 3.98. The van der Waals surface area contributed by atoms with E-state index >= 15 is 0 Å². The maximum Gasteiger partial charge on any atom is 0.322 e. The Hall–Kier alpha value is -3.75. The Morgan fingerprint density at radius 3 is 2.31 bits per heavy atom. The van der Waals surface area contributed by atoms with Gasteiger partial charge in [0.25, 0.3) is 0 Å². The summed E-state index contributed by atoms with van der Waals surface area (Å²) in [7, 11) is 4.47. The summed E-state index contributed by atoms with van der Waals surface area (Å²) in [4.78, 5) is 14.9. The first-order valence-electron chi connectivity index (χ1n) is 9.94. The highest BCUT2D eigenvalue weighted by Crippen LogP contribution is 2.40. The van der Waals surface area contributed by atoms with Crippen LogP contribution < -0.4 is 19.5 Å². The molecule has 0 saturated carbocycles. The number of hydrogen-bond donors (Lipinski definition) is 1. The van der Waals surface area contributed by atoms with E-state index < -0.39 is 23.7 Å². The molecule has 0 fully saturated rings. The average Bonchev–Trinajstić information content (AvgIpc) is 3.28. The Bertz CT molecular complexity index is 1120. The lowest BCUT2D eigenvalue weighted by atomic mass is 10.00. The van der Waals surface area contributed by atoms with Gasteiger partial charge in [-0.05, 0) is 29.8 Å². The van der Waals surface area contributed by atoms with Crippen molar-refractivity contribution in [3.63, 3.8) is 0 Å². The van der Waals surface area contributed by atoms with Crippen molar-refractivity contribution in [3.8, 4) is 17.2 Å². The van der Waals surface area contributed by atoms with Gasteiger partial charge in [0.2, 0.25) is 5.75 Å². The van der Waals surface area contributed by atoms with Gasteiger partial charge in [-0.15, -0.1) is 0 Å². The number of benzene rings is 2. The molecule has 0 bridgehead atoms. The Morgan fingerprint density at radius 2 is 1.69 bits per heavy atom. The first-order valence-corrected chi connectivity index (χ1v) is 9.94.